The SMILES string of the molecule is Clc1cc(Cl)c2c(c1)C(NCCc1ccco1)CCO2. The van der Waals surface area contributed by atoms with Crippen LogP contribution in [0.15, 0.2) is 34.9 Å². The van der Waals surface area contributed by atoms with Crippen LogP contribution in [0.5, 0.6) is 5.75 Å². The van der Waals surface area contributed by atoms with Crippen LogP contribution in [0.3, 0.4) is 0 Å². The van der Waals surface area contributed by atoms with E-state index >= 15 is 0 Å². The van der Waals surface area contributed by atoms with Crippen LogP contribution in [0.1, 0.15) is 23.8 Å². The first-order valence-corrected chi connectivity index (χ1v) is 7.37. The Morgan fingerprint density at radius 3 is 3.00 bits per heavy atom. The Hall–Kier alpha value is -1.16. The fourth-order valence-corrected chi connectivity index (χ4v) is 3.03. The lowest BCUT2D eigenvalue weighted by atomic mass is 10.0. The number of hydrogen-bond donors (Lipinski definition) is 1. The minimum Gasteiger partial charge on any atom is -0.492 e. The second-order valence-electron chi connectivity index (χ2n) is 4.78. The zero-order valence-electron chi connectivity index (χ0n) is 10.9. The Labute approximate surface area is 127 Å². The fraction of sp³-hybridized carbons (Fsp3) is 0.333. The van der Waals surface area contributed by atoms with Crippen LogP contribution in [0.25, 0.3) is 0 Å². The lowest BCUT2D eigenvalue weighted by Gasteiger charge is -2.27. The topological polar surface area (TPSA) is 34.4 Å². The molecule has 0 aliphatic carbocycles. The molecule has 0 amide bonds. The third kappa shape index (κ3) is 2.95. The summed E-state index contributed by atoms with van der Waals surface area (Å²) in [6.45, 7) is 1.49. The molecule has 1 aromatic carbocycles. The molecule has 0 radical (unpaired) electrons. The number of hydrogen-bond acceptors (Lipinski definition) is 3. The molecule has 0 saturated heterocycles. The molecule has 3 nitrogen and oxygen atoms in total. The fourth-order valence-electron chi connectivity index (χ4n) is 2.46. The highest BCUT2D eigenvalue weighted by molar-refractivity contribution is 6.35. The van der Waals surface area contributed by atoms with Crippen LogP contribution in [-0.2, 0) is 6.42 Å². The van der Waals surface area contributed by atoms with Crippen LogP contribution in [0.2, 0.25) is 10.0 Å². The van der Waals surface area contributed by atoms with E-state index in [0.29, 0.717) is 16.7 Å². The average Bonchev–Trinajstić information content (AvgIpc) is 2.92. The smallest absolute Gasteiger partial charge is 0.142 e. The number of halogens is 2. The molecule has 2 heterocycles. The van der Waals surface area contributed by atoms with E-state index in [1.54, 1.807) is 12.3 Å². The van der Waals surface area contributed by atoms with Crippen molar-refractivity contribution < 1.29 is 9.15 Å². The maximum Gasteiger partial charge on any atom is 0.142 e. The summed E-state index contributed by atoms with van der Waals surface area (Å²) in [6.07, 6.45) is 3.45. The van der Waals surface area contributed by atoms with Crippen molar-refractivity contribution in [3.8, 4) is 5.75 Å². The summed E-state index contributed by atoms with van der Waals surface area (Å²) in [4.78, 5) is 0. The second-order valence-corrected chi connectivity index (χ2v) is 5.62. The highest BCUT2D eigenvalue weighted by atomic mass is 35.5. The molecule has 1 atom stereocenters. The van der Waals surface area contributed by atoms with Gasteiger partial charge in [-0.25, -0.2) is 0 Å². The van der Waals surface area contributed by atoms with Gasteiger partial charge in [0.15, 0.2) is 0 Å². The van der Waals surface area contributed by atoms with Crippen LogP contribution in [0, 0.1) is 0 Å². The minimum absolute atomic E-state index is 0.213. The van der Waals surface area contributed by atoms with Gasteiger partial charge >= 0.3 is 0 Å². The molecule has 1 aliphatic heterocycles. The summed E-state index contributed by atoms with van der Waals surface area (Å²) < 4.78 is 11.0. The highest BCUT2D eigenvalue weighted by Gasteiger charge is 2.23. The van der Waals surface area contributed by atoms with E-state index in [1.807, 2.05) is 18.2 Å². The van der Waals surface area contributed by atoms with Gasteiger partial charge in [-0.05, 0) is 24.3 Å². The molecule has 0 spiro atoms. The van der Waals surface area contributed by atoms with Crippen molar-refractivity contribution >= 4 is 23.2 Å². The first kappa shape index (κ1) is 13.8. The second kappa shape index (κ2) is 6.08. The normalized spacial score (nSPS) is 17.6. The van der Waals surface area contributed by atoms with Crippen molar-refractivity contribution in [3.05, 3.63) is 51.9 Å². The van der Waals surface area contributed by atoms with Crippen molar-refractivity contribution in [2.24, 2.45) is 0 Å². The molecular weight excluding hydrogens is 297 g/mol. The van der Waals surface area contributed by atoms with Crippen molar-refractivity contribution in [1.29, 1.82) is 0 Å². The predicted octanol–water partition coefficient (Wildman–Crippen LogP) is 4.24. The van der Waals surface area contributed by atoms with E-state index in [2.05, 4.69) is 5.32 Å². The molecule has 106 valence electrons. The van der Waals surface area contributed by atoms with Crippen molar-refractivity contribution in [3.63, 3.8) is 0 Å². The van der Waals surface area contributed by atoms with Gasteiger partial charge in [0.25, 0.3) is 0 Å². The molecule has 5 heteroatoms. The molecule has 0 fully saturated rings. The van der Waals surface area contributed by atoms with E-state index in [1.165, 1.54) is 0 Å². The Balaban J connectivity index is 1.70. The summed E-state index contributed by atoms with van der Waals surface area (Å²) >= 11 is 12.3. The zero-order chi connectivity index (χ0) is 13.9. The van der Waals surface area contributed by atoms with Gasteiger partial charge in [0.2, 0.25) is 0 Å². The summed E-state index contributed by atoms with van der Waals surface area (Å²) in [5, 5.41) is 4.72. The number of furan rings is 1. The third-order valence-corrected chi connectivity index (χ3v) is 3.91. The van der Waals surface area contributed by atoms with E-state index < -0.39 is 0 Å². The Morgan fingerprint density at radius 2 is 2.20 bits per heavy atom. The Morgan fingerprint density at radius 1 is 1.30 bits per heavy atom. The quantitative estimate of drug-likeness (QED) is 0.917. The van der Waals surface area contributed by atoms with Crippen molar-refractivity contribution in [2.45, 2.75) is 18.9 Å². The molecule has 1 aromatic heterocycles. The first-order chi connectivity index (χ1) is 9.74. The van der Waals surface area contributed by atoms with Crippen LogP contribution < -0.4 is 10.1 Å². The van der Waals surface area contributed by atoms with E-state index in [9.17, 15) is 0 Å². The third-order valence-electron chi connectivity index (χ3n) is 3.41. The molecule has 0 bridgehead atoms. The molecule has 1 N–H and O–H groups in total. The van der Waals surface area contributed by atoms with Gasteiger partial charge in [-0.15, -0.1) is 0 Å². The molecule has 1 unspecified atom stereocenters. The standard InChI is InChI=1S/C15H15Cl2NO2/c16-10-8-12-14(4-7-20-15(12)13(17)9-10)18-5-3-11-2-1-6-19-11/h1-2,6,8-9,14,18H,3-5,7H2. The number of nitrogens with one attached hydrogen (secondary N) is 1. The van der Waals surface area contributed by atoms with Gasteiger partial charge in [0.1, 0.15) is 11.5 Å². The molecular formula is C15H15Cl2NO2. The molecule has 0 saturated carbocycles. The Kier molecular flexibility index (Phi) is 4.20. The largest absolute Gasteiger partial charge is 0.492 e. The van der Waals surface area contributed by atoms with Gasteiger partial charge in [0, 0.05) is 36.0 Å². The molecule has 2 aromatic rings. The van der Waals surface area contributed by atoms with Gasteiger partial charge < -0.3 is 14.5 Å². The van der Waals surface area contributed by atoms with Crippen molar-refractivity contribution in [2.75, 3.05) is 13.2 Å². The predicted molar refractivity (Wildman–Crippen MR) is 79.7 cm³/mol. The molecule has 3 rings (SSSR count). The number of ether oxygens (including phenoxy) is 1. The summed E-state index contributed by atoms with van der Waals surface area (Å²) in [5.41, 5.74) is 1.04. The van der Waals surface area contributed by atoms with Crippen LogP contribution >= 0.6 is 23.2 Å². The monoisotopic (exact) mass is 311 g/mol. The van der Waals surface area contributed by atoms with Crippen LogP contribution in [-0.4, -0.2) is 13.2 Å². The maximum absolute atomic E-state index is 6.18. The number of fused-ring (bicyclic) bond motifs is 1. The number of rotatable bonds is 4. The van der Waals surface area contributed by atoms with Crippen LogP contribution in [0.4, 0.5) is 0 Å². The van der Waals surface area contributed by atoms with E-state index in [4.69, 9.17) is 32.4 Å². The summed E-state index contributed by atoms with van der Waals surface area (Å²) in [6, 6.07) is 7.73. The van der Waals surface area contributed by atoms with Gasteiger partial charge in [-0.2, -0.15) is 0 Å². The summed E-state index contributed by atoms with van der Waals surface area (Å²) in [7, 11) is 0. The van der Waals surface area contributed by atoms with E-state index in [0.717, 1.165) is 36.5 Å². The lowest BCUT2D eigenvalue weighted by molar-refractivity contribution is 0.253. The summed E-state index contributed by atoms with van der Waals surface area (Å²) in [5.74, 6) is 1.73. The molecule has 20 heavy (non-hydrogen) atoms. The average molecular weight is 312 g/mol. The van der Waals surface area contributed by atoms with Gasteiger partial charge in [-0.3, -0.25) is 0 Å². The zero-order valence-corrected chi connectivity index (χ0v) is 12.4. The molecule has 1 aliphatic rings. The Bertz CT molecular complexity index is 584. The lowest BCUT2D eigenvalue weighted by Crippen LogP contribution is -2.28. The van der Waals surface area contributed by atoms with E-state index in [-0.39, 0.29) is 6.04 Å². The van der Waals surface area contributed by atoms with Crippen molar-refractivity contribution in [1.82, 2.24) is 5.32 Å². The number of benzene rings is 1. The maximum atomic E-state index is 6.18. The first-order valence-electron chi connectivity index (χ1n) is 6.61. The van der Waals surface area contributed by atoms with Gasteiger partial charge in [-0.1, -0.05) is 23.2 Å². The minimum atomic E-state index is 0.213. The van der Waals surface area contributed by atoms with Gasteiger partial charge in [0.05, 0.1) is 17.9 Å². The highest BCUT2D eigenvalue weighted by Crippen LogP contribution is 2.39.